The van der Waals surface area contributed by atoms with Crippen LogP contribution in [0.1, 0.15) is 31.7 Å². The van der Waals surface area contributed by atoms with Crippen LogP contribution < -0.4 is 5.32 Å². The Morgan fingerprint density at radius 2 is 2.28 bits per heavy atom. The van der Waals surface area contributed by atoms with Crippen molar-refractivity contribution in [1.82, 2.24) is 15.1 Å². The van der Waals surface area contributed by atoms with E-state index in [2.05, 4.69) is 22.4 Å². The number of nitrogens with zero attached hydrogens (tertiary/aromatic N) is 3. The van der Waals surface area contributed by atoms with Crippen molar-refractivity contribution < 1.29 is 4.79 Å². The van der Waals surface area contributed by atoms with Gasteiger partial charge in [-0.3, -0.25) is 4.79 Å². The highest BCUT2D eigenvalue weighted by molar-refractivity contribution is 8.01. The van der Waals surface area contributed by atoms with Gasteiger partial charge in [0.2, 0.25) is 11.0 Å². The van der Waals surface area contributed by atoms with E-state index in [9.17, 15) is 4.79 Å². The van der Waals surface area contributed by atoms with Crippen LogP contribution in [0.4, 0.5) is 10.8 Å². The molecule has 1 aromatic carbocycles. The highest BCUT2D eigenvalue weighted by atomic mass is 35.5. The number of hydrogen-bond acceptors (Lipinski definition) is 6. The molecule has 1 atom stereocenters. The number of amides is 1. The lowest BCUT2D eigenvalue weighted by molar-refractivity contribution is -0.131. The molecule has 1 saturated heterocycles. The zero-order valence-corrected chi connectivity index (χ0v) is 16.7. The lowest BCUT2D eigenvalue weighted by Gasteiger charge is -2.33. The Balaban J connectivity index is 1.54. The van der Waals surface area contributed by atoms with Gasteiger partial charge in [0.1, 0.15) is 0 Å². The standard InChI is InChI=1S/C17H21ClN4OS2/c1-11-6-7-13(9-14(11)18)19-16-20-21-17(25-16)24-10-15(23)22-8-4-3-5-12(22)2/h6-7,9,12H,3-5,8,10H2,1-2H3,(H,19,20). The first-order valence-corrected chi connectivity index (χ1v) is 10.5. The van der Waals surface area contributed by atoms with E-state index in [0.717, 1.165) is 35.0 Å². The van der Waals surface area contributed by atoms with Crippen molar-refractivity contribution in [3.05, 3.63) is 28.8 Å². The zero-order valence-electron chi connectivity index (χ0n) is 14.3. The Bertz CT molecular complexity index is 752. The number of likely N-dealkylation sites (tertiary alicyclic amines) is 1. The van der Waals surface area contributed by atoms with Gasteiger partial charge in [-0.15, -0.1) is 10.2 Å². The Morgan fingerprint density at radius 1 is 1.44 bits per heavy atom. The summed E-state index contributed by atoms with van der Waals surface area (Å²) in [6.45, 7) is 4.96. The summed E-state index contributed by atoms with van der Waals surface area (Å²) in [7, 11) is 0. The first-order chi connectivity index (χ1) is 12.0. The van der Waals surface area contributed by atoms with Crippen LogP contribution in [0.15, 0.2) is 22.5 Å². The SMILES string of the molecule is Cc1ccc(Nc2nnc(SCC(=O)N3CCCCC3C)s2)cc1Cl. The summed E-state index contributed by atoms with van der Waals surface area (Å²) in [4.78, 5) is 14.4. The van der Waals surface area contributed by atoms with Crippen LogP contribution in [0.3, 0.4) is 0 Å². The number of hydrogen-bond donors (Lipinski definition) is 1. The quantitative estimate of drug-likeness (QED) is 0.740. The summed E-state index contributed by atoms with van der Waals surface area (Å²) in [5, 5.41) is 12.9. The van der Waals surface area contributed by atoms with Crippen LogP contribution in [-0.4, -0.2) is 39.3 Å². The fourth-order valence-electron chi connectivity index (χ4n) is 2.79. The van der Waals surface area contributed by atoms with Crippen LogP contribution in [-0.2, 0) is 4.79 Å². The van der Waals surface area contributed by atoms with E-state index in [-0.39, 0.29) is 5.91 Å². The molecule has 0 saturated carbocycles. The number of nitrogens with one attached hydrogen (secondary N) is 1. The van der Waals surface area contributed by atoms with Crippen molar-refractivity contribution in [1.29, 1.82) is 0 Å². The Labute approximate surface area is 161 Å². The summed E-state index contributed by atoms with van der Waals surface area (Å²) in [5.41, 5.74) is 1.91. The third kappa shape index (κ3) is 4.86. The minimum Gasteiger partial charge on any atom is -0.339 e. The van der Waals surface area contributed by atoms with Crippen LogP contribution in [0.25, 0.3) is 0 Å². The molecule has 0 spiro atoms. The Hall–Kier alpha value is -1.31. The van der Waals surface area contributed by atoms with E-state index in [1.165, 1.54) is 29.5 Å². The van der Waals surface area contributed by atoms with Crippen molar-refractivity contribution in [2.45, 2.75) is 43.5 Å². The predicted octanol–water partition coefficient (Wildman–Crippen LogP) is 4.74. The van der Waals surface area contributed by atoms with Crippen molar-refractivity contribution in [2.75, 3.05) is 17.6 Å². The maximum Gasteiger partial charge on any atom is 0.233 e. The number of rotatable bonds is 5. The number of thioether (sulfide) groups is 1. The molecule has 5 nitrogen and oxygen atoms in total. The fourth-order valence-corrected chi connectivity index (χ4v) is 4.63. The monoisotopic (exact) mass is 396 g/mol. The third-order valence-electron chi connectivity index (χ3n) is 4.27. The summed E-state index contributed by atoms with van der Waals surface area (Å²) in [6.07, 6.45) is 3.42. The maximum atomic E-state index is 12.4. The van der Waals surface area contributed by atoms with Gasteiger partial charge in [0, 0.05) is 23.3 Å². The van der Waals surface area contributed by atoms with Crippen LogP contribution >= 0.6 is 34.7 Å². The lowest BCUT2D eigenvalue weighted by Crippen LogP contribution is -2.42. The number of benzene rings is 1. The molecule has 8 heteroatoms. The first-order valence-electron chi connectivity index (χ1n) is 8.32. The van der Waals surface area contributed by atoms with E-state index >= 15 is 0 Å². The van der Waals surface area contributed by atoms with Crippen molar-refractivity contribution >= 4 is 51.4 Å². The number of aromatic nitrogens is 2. The average molecular weight is 397 g/mol. The number of anilines is 2. The molecule has 2 heterocycles. The fraction of sp³-hybridized carbons (Fsp3) is 0.471. The first kappa shape index (κ1) is 18.5. The smallest absolute Gasteiger partial charge is 0.233 e. The molecule has 0 bridgehead atoms. The molecular formula is C17H21ClN4OS2. The number of aryl methyl sites for hydroxylation is 1. The van der Waals surface area contributed by atoms with E-state index in [0.29, 0.717) is 21.9 Å². The van der Waals surface area contributed by atoms with Gasteiger partial charge in [0.15, 0.2) is 4.34 Å². The van der Waals surface area contributed by atoms with Crippen LogP contribution in [0.2, 0.25) is 5.02 Å². The highest BCUT2D eigenvalue weighted by Gasteiger charge is 2.23. The Morgan fingerprint density at radius 3 is 3.04 bits per heavy atom. The van der Waals surface area contributed by atoms with Gasteiger partial charge >= 0.3 is 0 Å². The van der Waals surface area contributed by atoms with Gasteiger partial charge in [0.25, 0.3) is 0 Å². The molecule has 1 amide bonds. The molecule has 134 valence electrons. The normalized spacial score (nSPS) is 17.6. The molecule has 2 aromatic rings. The van der Waals surface area contributed by atoms with E-state index < -0.39 is 0 Å². The zero-order chi connectivity index (χ0) is 17.8. The summed E-state index contributed by atoms with van der Waals surface area (Å²) < 4.78 is 0.790. The molecular weight excluding hydrogens is 376 g/mol. The summed E-state index contributed by atoms with van der Waals surface area (Å²) >= 11 is 9.03. The average Bonchev–Trinajstić information content (AvgIpc) is 3.04. The second-order valence-electron chi connectivity index (χ2n) is 6.18. The molecule has 1 unspecified atom stereocenters. The van der Waals surface area contributed by atoms with Gasteiger partial charge in [0.05, 0.1) is 5.75 Å². The molecule has 1 N–H and O–H groups in total. The number of halogens is 1. The molecule has 1 aliphatic heterocycles. The third-order valence-corrected chi connectivity index (χ3v) is 6.64. The minimum absolute atomic E-state index is 0.187. The van der Waals surface area contributed by atoms with E-state index in [1.807, 2.05) is 30.0 Å². The van der Waals surface area contributed by atoms with Gasteiger partial charge < -0.3 is 10.2 Å². The van der Waals surface area contributed by atoms with Gasteiger partial charge in [-0.2, -0.15) is 0 Å². The molecule has 25 heavy (non-hydrogen) atoms. The molecule has 1 fully saturated rings. The largest absolute Gasteiger partial charge is 0.339 e. The van der Waals surface area contributed by atoms with Crippen molar-refractivity contribution in [3.8, 4) is 0 Å². The number of piperidine rings is 1. The minimum atomic E-state index is 0.187. The Kier molecular flexibility index (Phi) is 6.19. The second kappa shape index (κ2) is 8.38. The van der Waals surface area contributed by atoms with E-state index in [1.54, 1.807) is 0 Å². The topological polar surface area (TPSA) is 58.1 Å². The van der Waals surface area contributed by atoms with Gasteiger partial charge in [-0.1, -0.05) is 40.8 Å². The molecule has 1 aliphatic rings. The lowest BCUT2D eigenvalue weighted by atomic mass is 10.0. The number of carbonyl (C=O) groups is 1. The van der Waals surface area contributed by atoms with Crippen molar-refractivity contribution in [2.24, 2.45) is 0 Å². The van der Waals surface area contributed by atoms with Crippen LogP contribution in [0.5, 0.6) is 0 Å². The molecule has 0 radical (unpaired) electrons. The highest BCUT2D eigenvalue weighted by Crippen LogP contribution is 2.29. The predicted molar refractivity (Wildman–Crippen MR) is 105 cm³/mol. The summed E-state index contributed by atoms with van der Waals surface area (Å²) in [6, 6.07) is 6.13. The molecule has 0 aliphatic carbocycles. The van der Waals surface area contributed by atoms with E-state index in [4.69, 9.17) is 11.6 Å². The van der Waals surface area contributed by atoms with Crippen molar-refractivity contribution in [3.63, 3.8) is 0 Å². The summed E-state index contributed by atoms with van der Waals surface area (Å²) in [5.74, 6) is 0.599. The van der Waals surface area contributed by atoms with Crippen LogP contribution in [0, 0.1) is 6.92 Å². The van der Waals surface area contributed by atoms with Gasteiger partial charge in [-0.25, -0.2) is 0 Å². The molecule has 3 rings (SSSR count). The molecule has 1 aromatic heterocycles. The maximum absolute atomic E-state index is 12.4. The number of carbonyl (C=O) groups excluding carboxylic acids is 1. The van der Waals surface area contributed by atoms with Gasteiger partial charge in [-0.05, 0) is 50.8 Å². The second-order valence-corrected chi connectivity index (χ2v) is 8.79.